The Kier molecular flexibility index (Phi) is 5.27. The molecule has 3 aromatic heterocycles. The zero-order valence-electron chi connectivity index (χ0n) is 17.9. The average molecular weight is 409 g/mol. The van der Waals surface area contributed by atoms with Crippen molar-refractivity contribution in [2.24, 2.45) is 0 Å². The van der Waals surface area contributed by atoms with Gasteiger partial charge in [-0.25, -0.2) is 14.5 Å². The van der Waals surface area contributed by atoms with Crippen LogP contribution in [0.4, 0.5) is 0 Å². The minimum atomic E-state index is -0.0668. The lowest BCUT2D eigenvalue weighted by molar-refractivity contribution is -0.132. The largest absolute Gasteiger partial charge is 0.339 e. The van der Waals surface area contributed by atoms with Crippen molar-refractivity contribution in [1.29, 1.82) is 0 Å². The van der Waals surface area contributed by atoms with Crippen LogP contribution in [0.25, 0.3) is 5.65 Å². The Balaban J connectivity index is 1.35. The SMILES string of the molecule is Cc1cc2nc(C)c(CCC(=O)N3CCN(C(=O)c4cnc(C)[nH]4)CC3)c(C)n2n1. The Morgan fingerprint density at radius 2 is 1.77 bits per heavy atom. The number of H-pyrrole nitrogens is 1. The number of carbonyl (C=O) groups excluding carboxylic acids is 2. The second-order valence-electron chi connectivity index (χ2n) is 7.87. The van der Waals surface area contributed by atoms with Gasteiger partial charge in [0.15, 0.2) is 5.65 Å². The number of rotatable bonds is 4. The molecule has 4 heterocycles. The molecule has 1 aliphatic rings. The van der Waals surface area contributed by atoms with Crippen LogP contribution in [0.5, 0.6) is 0 Å². The second kappa shape index (κ2) is 7.89. The highest BCUT2D eigenvalue weighted by atomic mass is 16.2. The van der Waals surface area contributed by atoms with E-state index in [4.69, 9.17) is 0 Å². The fourth-order valence-corrected chi connectivity index (χ4v) is 4.05. The number of hydrogen-bond donors (Lipinski definition) is 1. The van der Waals surface area contributed by atoms with Crippen molar-refractivity contribution in [3.05, 3.63) is 46.4 Å². The van der Waals surface area contributed by atoms with Gasteiger partial charge in [0, 0.05) is 50.1 Å². The smallest absolute Gasteiger partial charge is 0.272 e. The number of imidazole rings is 1. The molecule has 0 saturated carbocycles. The van der Waals surface area contributed by atoms with Gasteiger partial charge < -0.3 is 14.8 Å². The summed E-state index contributed by atoms with van der Waals surface area (Å²) < 4.78 is 1.85. The predicted octanol–water partition coefficient (Wildman–Crippen LogP) is 1.60. The molecule has 1 fully saturated rings. The van der Waals surface area contributed by atoms with Crippen LogP contribution in [0.3, 0.4) is 0 Å². The first kappa shape index (κ1) is 20.1. The maximum atomic E-state index is 12.8. The van der Waals surface area contributed by atoms with Crippen LogP contribution in [0.1, 0.15) is 45.4 Å². The van der Waals surface area contributed by atoms with E-state index in [-0.39, 0.29) is 11.8 Å². The van der Waals surface area contributed by atoms with Crippen LogP contribution in [0, 0.1) is 27.7 Å². The number of aryl methyl sites for hydroxylation is 4. The third-order valence-corrected chi connectivity index (χ3v) is 5.73. The summed E-state index contributed by atoms with van der Waals surface area (Å²) in [6.45, 7) is 9.92. The monoisotopic (exact) mass is 409 g/mol. The summed E-state index contributed by atoms with van der Waals surface area (Å²) >= 11 is 0. The Bertz CT molecular complexity index is 1110. The third kappa shape index (κ3) is 3.79. The van der Waals surface area contributed by atoms with E-state index < -0.39 is 0 Å². The van der Waals surface area contributed by atoms with Crippen molar-refractivity contribution >= 4 is 17.5 Å². The normalized spacial score (nSPS) is 14.5. The number of fused-ring (bicyclic) bond motifs is 1. The van der Waals surface area contributed by atoms with Gasteiger partial charge >= 0.3 is 0 Å². The molecular weight excluding hydrogens is 382 g/mol. The van der Waals surface area contributed by atoms with Gasteiger partial charge in [-0.15, -0.1) is 0 Å². The number of aromatic amines is 1. The van der Waals surface area contributed by atoms with Crippen LogP contribution in [0.15, 0.2) is 12.3 Å². The van der Waals surface area contributed by atoms with Crippen molar-refractivity contribution in [2.45, 2.75) is 40.5 Å². The Morgan fingerprint density at radius 3 is 2.43 bits per heavy atom. The van der Waals surface area contributed by atoms with Gasteiger partial charge in [-0.2, -0.15) is 5.10 Å². The van der Waals surface area contributed by atoms with Gasteiger partial charge in [0.05, 0.1) is 11.9 Å². The number of amides is 2. The number of carbonyl (C=O) groups is 2. The number of piperazine rings is 1. The third-order valence-electron chi connectivity index (χ3n) is 5.73. The molecule has 1 N–H and O–H groups in total. The molecule has 3 aromatic rings. The average Bonchev–Trinajstić information content (AvgIpc) is 3.32. The van der Waals surface area contributed by atoms with E-state index in [0.717, 1.165) is 34.1 Å². The molecule has 4 rings (SSSR count). The summed E-state index contributed by atoms with van der Waals surface area (Å²) in [7, 11) is 0. The summed E-state index contributed by atoms with van der Waals surface area (Å²) in [5.41, 5.74) is 5.31. The lowest BCUT2D eigenvalue weighted by atomic mass is 10.1. The fraction of sp³-hybridized carbons (Fsp3) is 0.476. The topological polar surface area (TPSA) is 99.5 Å². The van der Waals surface area contributed by atoms with Crippen LogP contribution in [-0.4, -0.2) is 72.4 Å². The van der Waals surface area contributed by atoms with E-state index in [2.05, 4.69) is 20.1 Å². The lowest BCUT2D eigenvalue weighted by Gasteiger charge is -2.34. The zero-order valence-corrected chi connectivity index (χ0v) is 17.9. The minimum absolute atomic E-state index is 0.0668. The Labute approximate surface area is 175 Å². The maximum absolute atomic E-state index is 12.8. The van der Waals surface area contributed by atoms with E-state index in [1.165, 1.54) is 0 Å². The molecule has 0 bridgehead atoms. The summed E-state index contributed by atoms with van der Waals surface area (Å²) in [4.78, 5) is 40.6. The van der Waals surface area contributed by atoms with Gasteiger partial charge in [0.25, 0.3) is 5.91 Å². The van der Waals surface area contributed by atoms with Gasteiger partial charge in [-0.05, 0) is 39.7 Å². The number of nitrogens with one attached hydrogen (secondary N) is 1. The molecular formula is C21H27N7O2. The zero-order chi connectivity index (χ0) is 21.4. The first-order valence-corrected chi connectivity index (χ1v) is 10.2. The quantitative estimate of drug-likeness (QED) is 0.706. The predicted molar refractivity (Wildman–Crippen MR) is 111 cm³/mol. The van der Waals surface area contributed by atoms with Crippen LogP contribution >= 0.6 is 0 Å². The Morgan fingerprint density at radius 1 is 1.07 bits per heavy atom. The van der Waals surface area contributed by atoms with E-state index in [1.54, 1.807) is 11.1 Å². The minimum Gasteiger partial charge on any atom is -0.339 e. The summed E-state index contributed by atoms with van der Waals surface area (Å²) in [6, 6.07) is 1.96. The molecule has 0 aromatic carbocycles. The van der Waals surface area contributed by atoms with Crippen molar-refractivity contribution in [1.82, 2.24) is 34.4 Å². The molecule has 0 aliphatic carbocycles. The highest BCUT2D eigenvalue weighted by molar-refractivity contribution is 5.92. The van der Waals surface area contributed by atoms with E-state index in [0.29, 0.717) is 44.7 Å². The van der Waals surface area contributed by atoms with E-state index in [9.17, 15) is 9.59 Å². The molecule has 9 nitrogen and oxygen atoms in total. The molecule has 1 aliphatic heterocycles. The van der Waals surface area contributed by atoms with E-state index >= 15 is 0 Å². The van der Waals surface area contributed by atoms with Gasteiger partial charge in [0.1, 0.15) is 11.5 Å². The highest BCUT2D eigenvalue weighted by Crippen LogP contribution is 2.18. The molecule has 2 amide bonds. The molecule has 0 unspecified atom stereocenters. The highest BCUT2D eigenvalue weighted by Gasteiger charge is 2.26. The summed E-state index contributed by atoms with van der Waals surface area (Å²) in [5, 5.41) is 4.50. The van der Waals surface area contributed by atoms with Crippen LogP contribution in [-0.2, 0) is 11.2 Å². The number of aromatic nitrogens is 5. The summed E-state index contributed by atoms with van der Waals surface area (Å²) in [6.07, 6.45) is 2.61. The molecule has 1 saturated heterocycles. The van der Waals surface area contributed by atoms with Crippen molar-refractivity contribution in [3.63, 3.8) is 0 Å². The van der Waals surface area contributed by atoms with Crippen LogP contribution < -0.4 is 0 Å². The van der Waals surface area contributed by atoms with Crippen LogP contribution in [0.2, 0.25) is 0 Å². The first-order chi connectivity index (χ1) is 14.3. The maximum Gasteiger partial charge on any atom is 0.272 e. The fourth-order valence-electron chi connectivity index (χ4n) is 4.05. The Hall–Kier alpha value is -3.23. The van der Waals surface area contributed by atoms with Crippen molar-refractivity contribution < 1.29 is 9.59 Å². The summed E-state index contributed by atoms with van der Waals surface area (Å²) in [5.74, 6) is 0.758. The molecule has 158 valence electrons. The van der Waals surface area contributed by atoms with Gasteiger partial charge in [-0.3, -0.25) is 9.59 Å². The molecule has 0 spiro atoms. The number of hydrogen-bond acceptors (Lipinski definition) is 5. The van der Waals surface area contributed by atoms with Gasteiger partial charge in [0.2, 0.25) is 5.91 Å². The molecule has 30 heavy (non-hydrogen) atoms. The van der Waals surface area contributed by atoms with Crippen molar-refractivity contribution in [3.8, 4) is 0 Å². The number of nitrogens with zero attached hydrogens (tertiary/aromatic N) is 6. The first-order valence-electron chi connectivity index (χ1n) is 10.2. The lowest BCUT2D eigenvalue weighted by Crippen LogP contribution is -2.50. The van der Waals surface area contributed by atoms with Gasteiger partial charge in [-0.1, -0.05) is 0 Å². The van der Waals surface area contributed by atoms with E-state index in [1.807, 2.05) is 43.2 Å². The molecule has 0 atom stereocenters. The second-order valence-corrected chi connectivity index (χ2v) is 7.87. The molecule has 9 heteroatoms. The molecule has 0 radical (unpaired) electrons. The standard InChI is InChI=1S/C21H27N7O2/c1-13-11-19-23-14(2)17(15(3)28(19)25-13)5-6-20(29)26-7-9-27(10-8-26)21(30)18-12-22-16(4)24-18/h11-12H,5-10H2,1-4H3,(H,22,24). The van der Waals surface area contributed by atoms with Crippen molar-refractivity contribution in [2.75, 3.05) is 26.2 Å².